The molecular formula is C15H14ClFN2O3. The first-order chi connectivity index (χ1) is 10.5. The molecule has 0 aliphatic rings. The van der Waals surface area contributed by atoms with Crippen molar-refractivity contribution in [1.29, 1.82) is 0 Å². The Bertz CT molecular complexity index is 678. The number of benzene rings is 1. The van der Waals surface area contributed by atoms with E-state index in [1.54, 1.807) is 18.2 Å². The monoisotopic (exact) mass is 324 g/mol. The van der Waals surface area contributed by atoms with Crippen LogP contribution >= 0.6 is 11.6 Å². The Hall–Kier alpha value is -2.02. The Morgan fingerprint density at radius 3 is 2.64 bits per heavy atom. The quantitative estimate of drug-likeness (QED) is 0.856. The first kappa shape index (κ1) is 16.4. The zero-order chi connectivity index (χ0) is 16.1. The average Bonchev–Trinajstić information content (AvgIpc) is 2.51. The predicted octanol–water partition coefficient (Wildman–Crippen LogP) is 3.42. The van der Waals surface area contributed by atoms with Gasteiger partial charge in [-0.15, -0.1) is 0 Å². The number of aromatic nitrogens is 1. The van der Waals surface area contributed by atoms with Crippen LogP contribution in [0.3, 0.4) is 0 Å². The van der Waals surface area contributed by atoms with Crippen LogP contribution in [-0.4, -0.2) is 25.1 Å². The molecule has 22 heavy (non-hydrogen) atoms. The van der Waals surface area contributed by atoms with Gasteiger partial charge in [0.05, 0.1) is 16.4 Å². The summed E-state index contributed by atoms with van der Waals surface area (Å²) >= 11 is 5.87. The third kappa shape index (κ3) is 3.79. The van der Waals surface area contributed by atoms with Crippen LogP contribution in [0.4, 0.5) is 10.1 Å². The van der Waals surface area contributed by atoms with E-state index in [9.17, 15) is 9.18 Å². The molecular weight excluding hydrogens is 311 g/mol. The van der Waals surface area contributed by atoms with E-state index in [0.29, 0.717) is 11.4 Å². The summed E-state index contributed by atoms with van der Waals surface area (Å²) in [7, 11) is 2.95. The van der Waals surface area contributed by atoms with Crippen molar-refractivity contribution in [3.8, 4) is 0 Å². The molecule has 0 radical (unpaired) electrons. The van der Waals surface area contributed by atoms with Crippen molar-refractivity contribution in [2.75, 3.05) is 19.5 Å². The molecule has 7 heteroatoms. The number of amides is 1. The van der Waals surface area contributed by atoms with Crippen molar-refractivity contribution >= 4 is 23.2 Å². The second-order valence-corrected chi connectivity index (χ2v) is 4.74. The molecule has 0 unspecified atom stereocenters. The lowest BCUT2D eigenvalue weighted by atomic mass is 10.2. The zero-order valence-electron chi connectivity index (χ0n) is 12.0. The zero-order valence-corrected chi connectivity index (χ0v) is 12.7. The summed E-state index contributed by atoms with van der Waals surface area (Å²) in [5, 5.41) is 2.68. The minimum Gasteiger partial charge on any atom is -0.350 e. The van der Waals surface area contributed by atoms with Crippen LogP contribution in [0.25, 0.3) is 0 Å². The fraction of sp³-hybridized carbons (Fsp3) is 0.200. The second kappa shape index (κ2) is 7.31. The molecule has 116 valence electrons. The molecule has 0 bridgehead atoms. The standard InChI is InChI=1S/C15H14ClFN2O3/c1-21-15(22-2)13-5-3-4-12(18-13)14(20)19-11-7-6-9(17)8-10(11)16/h3-8,15H,1-2H3,(H,19,20). The molecule has 0 saturated heterocycles. The molecule has 1 aromatic heterocycles. The summed E-state index contributed by atoms with van der Waals surface area (Å²) in [5.41, 5.74) is 0.926. The first-order valence-corrected chi connectivity index (χ1v) is 6.72. The highest BCUT2D eigenvalue weighted by atomic mass is 35.5. The van der Waals surface area contributed by atoms with E-state index in [4.69, 9.17) is 21.1 Å². The third-order valence-electron chi connectivity index (χ3n) is 2.85. The van der Waals surface area contributed by atoms with Crippen molar-refractivity contribution in [1.82, 2.24) is 4.98 Å². The lowest BCUT2D eigenvalue weighted by Crippen LogP contribution is -2.16. The maximum atomic E-state index is 13.0. The molecule has 0 fully saturated rings. The Morgan fingerprint density at radius 2 is 2.00 bits per heavy atom. The highest BCUT2D eigenvalue weighted by Gasteiger charge is 2.15. The fourth-order valence-corrected chi connectivity index (χ4v) is 2.04. The van der Waals surface area contributed by atoms with E-state index in [1.165, 1.54) is 26.4 Å². The lowest BCUT2D eigenvalue weighted by molar-refractivity contribution is -0.108. The Labute approximate surface area is 132 Å². The molecule has 0 spiro atoms. The highest BCUT2D eigenvalue weighted by molar-refractivity contribution is 6.33. The van der Waals surface area contributed by atoms with Gasteiger partial charge < -0.3 is 14.8 Å². The summed E-state index contributed by atoms with van der Waals surface area (Å²) < 4.78 is 23.2. The molecule has 5 nitrogen and oxygen atoms in total. The number of nitrogens with zero attached hydrogens (tertiary/aromatic N) is 1. The largest absolute Gasteiger partial charge is 0.350 e. The van der Waals surface area contributed by atoms with Gasteiger partial charge in [-0.05, 0) is 30.3 Å². The number of carbonyl (C=O) groups excluding carboxylic acids is 1. The van der Waals surface area contributed by atoms with Crippen molar-refractivity contribution in [2.45, 2.75) is 6.29 Å². The van der Waals surface area contributed by atoms with Gasteiger partial charge in [-0.1, -0.05) is 17.7 Å². The van der Waals surface area contributed by atoms with Crippen molar-refractivity contribution in [3.05, 3.63) is 58.6 Å². The molecule has 0 aliphatic heterocycles. The van der Waals surface area contributed by atoms with Gasteiger partial charge in [0.1, 0.15) is 11.5 Å². The van der Waals surface area contributed by atoms with Gasteiger partial charge in [0.2, 0.25) is 6.29 Å². The van der Waals surface area contributed by atoms with E-state index in [0.717, 1.165) is 6.07 Å². The number of hydrogen-bond donors (Lipinski definition) is 1. The van der Waals surface area contributed by atoms with Gasteiger partial charge in [-0.25, -0.2) is 9.37 Å². The van der Waals surface area contributed by atoms with E-state index < -0.39 is 18.0 Å². The van der Waals surface area contributed by atoms with Crippen LogP contribution in [0.5, 0.6) is 0 Å². The number of methoxy groups -OCH3 is 2. The van der Waals surface area contributed by atoms with Crippen molar-refractivity contribution in [3.63, 3.8) is 0 Å². The van der Waals surface area contributed by atoms with E-state index in [1.807, 2.05) is 0 Å². The van der Waals surface area contributed by atoms with Crippen LogP contribution in [0.1, 0.15) is 22.5 Å². The van der Waals surface area contributed by atoms with Crippen molar-refractivity contribution in [2.24, 2.45) is 0 Å². The summed E-state index contributed by atoms with van der Waals surface area (Å²) in [6.45, 7) is 0. The number of halogens is 2. The second-order valence-electron chi connectivity index (χ2n) is 4.33. The van der Waals surface area contributed by atoms with Crippen LogP contribution in [0.15, 0.2) is 36.4 Å². The predicted molar refractivity (Wildman–Crippen MR) is 80.4 cm³/mol. The van der Waals surface area contributed by atoms with Crippen LogP contribution < -0.4 is 5.32 Å². The first-order valence-electron chi connectivity index (χ1n) is 6.34. The lowest BCUT2D eigenvalue weighted by Gasteiger charge is -2.13. The van der Waals surface area contributed by atoms with Gasteiger partial charge in [-0.3, -0.25) is 4.79 Å². The molecule has 1 heterocycles. The van der Waals surface area contributed by atoms with Gasteiger partial charge in [-0.2, -0.15) is 0 Å². The van der Waals surface area contributed by atoms with Crippen LogP contribution in [-0.2, 0) is 9.47 Å². The molecule has 1 amide bonds. The summed E-state index contributed by atoms with van der Waals surface area (Å²) in [4.78, 5) is 16.4. The molecule has 0 atom stereocenters. The molecule has 1 aromatic carbocycles. The smallest absolute Gasteiger partial charge is 0.274 e. The number of anilines is 1. The maximum absolute atomic E-state index is 13.0. The fourth-order valence-electron chi connectivity index (χ4n) is 1.82. The summed E-state index contributed by atoms with van der Waals surface area (Å²) in [6.07, 6.45) is -0.665. The normalized spacial score (nSPS) is 10.8. The van der Waals surface area contributed by atoms with Crippen LogP contribution in [0.2, 0.25) is 5.02 Å². The topological polar surface area (TPSA) is 60.5 Å². The molecule has 0 saturated carbocycles. The van der Waals surface area contributed by atoms with Gasteiger partial charge in [0, 0.05) is 14.2 Å². The number of hydrogen-bond acceptors (Lipinski definition) is 4. The van der Waals surface area contributed by atoms with Crippen LogP contribution in [0, 0.1) is 5.82 Å². The van der Waals surface area contributed by atoms with E-state index in [2.05, 4.69) is 10.3 Å². The number of rotatable bonds is 5. The van der Waals surface area contributed by atoms with Gasteiger partial charge >= 0.3 is 0 Å². The molecule has 1 N–H and O–H groups in total. The summed E-state index contributed by atoms with van der Waals surface area (Å²) in [6, 6.07) is 8.59. The molecule has 2 rings (SSSR count). The average molecular weight is 325 g/mol. The highest BCUT2D eigenvalue weighted by Crippen LogP contribution is 2.23. The number of nitrogens with one attached hydrogen (secondary N) is 1. The number of ether oxygens (including phenoxy) is 2. The Morgan fingerprint density at radius 1 is 1.27 bits per heavy atom. The van der Waals surface area contributed by atoms with E-state index in [-0.39, 0.29) is 10.7 Å². The molecule has 0 aliphatic carbocycles. The van der Waals surface area contributed by atoms with E-state index >= 15 is 0 Å². The Kier molecular flexibility index (Phi) is 5.43. The van der Waals surface area contributed by atoms with Gasteiger partial charge in [0.15, 0.2) is 0 Å². The number of carbonyl (C=O) groups is 1. The third-order valence-corrected chi connectivity index (χ3v) is 3.16. The minimum absolute atomic E-state index is 0.108. The minimum atomic E-state index is -0.665. The molecule has 2 aromatic rings. The maximum Gasteiger partial charge on any atom is 0.274 e. The van der Waals surface area contributed by atoms with Gasteiger partial charge in [0.25, 0.3) is 5.91 Å². The SMILES string of the molecule is COC(OC)c1cccc(C(=O)Nc2ccc(F)cc2Cl)n1. The number of pyridine rings is 1. The van der Waals surface area contributed by atoms with Crippen molar-refractivity contribution < 1.29 is 18.7 Å². The Balaban J connectivity index is 2.21. The summed E-state index contributed by atoms with van der Waals surface area (Å²) in [5.74, 6) is -0.951.